The van der Waals surface area contributed by atoms with Crippen molar-refractivity contribution in [3.63, 3.8) is 0 Å². The predicted octanol–water partition coefficient (Wildman–Crippen LogP) is 34.0. The van der Waals surface area contributed by atoms with E-state index in [9.17, 15) is 0 Å². The molecule has 13 heteroatoms. The fraction of sp³-hybridized carbons (Fsp3) is 0. The maximum Gasteiger partial charge on any atom is 0.162 e. The van der Waals surface area contributed by atoms with Crippen LogP contribution in [0.25, 0.3) is 284 Å². The van der Waals surface area contributed by atoms with Gasteiger partial charge in [0.2, 0.25) is 0 Å². The fourth-order valence-corrected chi connectivity index (χ4v) is 22.5. The Morgan fingerprint density at radius 3 is 0.765 bits per heavy atom. The van der Waals surface area contributed by atoms with Crippen molar-refractivity contribution in [2.45, 2.75) is 0 Å². The van der Waals surface area contributed by atoms with Crippen molar-refractivity contribution < 1.29 is 0 Å². The van der Waals surface area contributed by atoms with E-state index in [4.69, 9.17) is 39.9 Å². The minimum Gasteiger partial charge on any atom is -0.309 e. The molecular formula is C136H85N13. The van der Waals surface area contributed by atoms with Gasteiger partial charge in [-0.1, -0.05) is 376 Å². The van der Waals surface area contributed by atoms with Gasteiger partial charge in [-0.15, -0.1) is 0 Å². The summed E-state index contributed by atoms with van der Waals surface area (Å²) in [5.74, 6) is 2.37. The molecule has 0 atom stereocenters. The van der Waals surface area contributed by atoms with E-state index >= 15 is 0 Å². The summed E-state index contributed by atoms with van der Waals surface area (Å²) in [6, 6.07) is 184. The second-order valence-corrected chi connectivity index (χ2v) is 38.0. The van der Waals surface area contributed by atoms with Gasteiger partial charge in [0, 0.05) is 138 Å². The summed E-state index contributed by atoms with van der Waals surface area (Å²) in [5, 5.41) is 11.3. The van der Waals surface area contributed by atoms with Crippen LogP contribution in [0.2, 0.25) is 0 Å². The molecule has 149 heavy (non-hydrogen) atoms. The molecule has 0 aliphatic rings. The van der Waals surface area contributed by atoms with Crippen molar-refractivity contribution in [3.05, 3.63) is 516 Å². The van der Waals surface area contributed by atoms with Gasteiger partial charge in [0.1, 0.15) is 0 Å². The molecule has 0 saturated carbocycles. The molecule has 9 aromatic heterocycles. The molecule has 0 bridgehead atoms. The van der Waals surface area contributed by atoms with E-state index in [1.165, 1.54) is 10.8 Å². The molecule has 0 aliphatic carbocycles. The summed E-state index contributed by atoms with van der Waals surface area (Å²) in [7, 11) is 0. The highest BCUT2D eigenvalue weighted by atomic mass is 15.1. The molecular weight excluding hydrogens is 1820 g/mol. The van der Waals surface area contributed by atoms with E-state index in [2.05, 4.69) is 478 Å². The molecule has 0 N–H and O–H groups in total. The van der Waals surface area contributed by atoms with Crippen molar-refractivity contribution in [3.8, 4) is 175 Å². The first-order valence-corrected chi connectivity index (χ1v) is 50.3. The van der Waals surface area contributed by atoms with Crippen LogP contribution in [0.4, 0.5) is 0 Å². The van der Waals surface area contributed by atoms with Gasteiger partial charge in [-0.05, 0) is 151 Å². The summed E-state index contributed by atoms with van der Waals surface area (Å²) in [4.78, 5) is 44.1. The Morgan fingerprint density at radius 1 is 0.121 bits per heavy atom. The van der Waals surface area contributed by atoms with Crippen LogP contribution in [0, 0.1) is 0 Å². The maximum atomic E-state index is 5.73. The molecule has 13 nitrogen and oxygen atoms in total. The van der Waals surface area contributed by atoms with Gasteiger partial charge < -0.3 is 22.8 Å². The molecule has 0 unspecified atom stereocenters. The number of hydrogen-bond acceptors (Lipinski definition) is 8. The van der Waals surface area contributed by atoms with Crippen LogP contribution in [0.5, 0.6) is 0 Å². The lowest BCUT2D eigenvalue weighted by molar-refractivity contribution is 1.12. The highest BCUT2D eigenvalue weighted by Gasteiger charge is 2.29. The third-order valence-electron chi connectivity index (χ3n) is 29.4. The number of hydrogen-bond donors (Lipinski definition) is 0. The second-order valence-electron chi connectivity index (χ2n) is 38.0. The maximum absolute atomic E-state index is 5.73. The van der Waals surface area contributed by atoms with Gasteiger partial charge >= 0.3 is 0 Å². The van der Waals surface area contributed by atoms with Gasteiger partial charge in [-0.3, -0.25) is 0 Å². The largest absolute Gasteiger partial charge is 0.309 e. The lowest BCUT2D eigenvalue weighted by Crippen LogP contribution is -2.03. The Labute approximate surface area is 856 Å². The fourth-order valence-electron chi connectivity index (χ4n) is 22.5. The van der Waals surface area contributed by atoms with Gasteiger partial charge in [-0.25, -0.2) is 39.9 Å². The monoisotopic (exact) mass is 1900 g/mol. The first-order chi connectivity index (χ1) is 73.9. The number of nitrogens with zero attached hydrogens (tertiary/aromatic N) is 13. The zero-order chi connectivity index (χ0) is 98.1. The van der Waals surface area contributed by atoms with E-state index in [1.54, 1.807) is 0 Å². The van der Waals surface area contributed by atoms with E-state index in [0.717, 1.165) is 250 Å². The Bertz CT molecular complexity index is 10100. The van der Waals surface area contributed by atoms with Crippen molar-refractivity contribution in [2.75, 3.05) is 0 Å². The van der Waals surface area contributed by atoms with Crippen molar-refractivity contribution >= 4 is 109 Å². The lowest BCUT2D eigenvalue weighted by atomic mass is 9.98. The predicted molar refractivity (Wildman–Crippen MR) is 611 cm³/mol. The van der Waals surface area contributed by atoms with E-state index < -0.39 is 0 Å². The smallest absolute Gasteiger partial charge is 0.162 e. The zero-order valence-corrected chi connectivity index (χ0v) is 80.4. The molecule has 0 saturated heterocycles. The average Bonchev–Trinajstić information content (AvgIpc) is 1.56. The third-order valence-corrected chi connectivity index (χ3v) is 29.4. The Hall–Kier alpha value is -20.3. The van der Waals surface area contributed by atoms with Crippen molar-refractivity contribution in [2.24, 2.45) is 0 Å². The van der Waals surface area contributed by atoms with Crippen LogP contribution in [0.1, 0.15) is 0 Å². The molecule has 0 fully saturated rings. The number of para-hydroxylation sites is 5. The van der Waals surface area contributed by atoms with Crippen LogP contribution in [-0.4, -0.2) is 62.7 Å². The molecule has 0 spiro atoms. The summed E-state index contributed by atoms with van der Waals surface area (Å²) in [6.45, 7) is 0. The minimum absolute atomic E-state index is 0.550. The first-order valence-electron chi connectivity index (χ1n) is 50.3. The SMILES string of the molecule is c1ccc(-c2cc(-c3ccc(-n4c5ccccc5c5cc(-n6c7ccccc7c7cc(-c8cccc9c8c8ccccc8n9-c8ccc9c%10ccc(-n%11c%12ccccc%12c%12ccccc%12%11)cc%10n(-c%10ccc(-c%11cc(-c%12ccccc%12)nc(-c%12ccccc%12)n%11)cc%10-c%10nc(-c%11ccccc%11)cc(-c%11ccccc%11)n%10)c9c8)ccc76)ccc54)c(-c4nc(-c5ccccc5)cc(-c5ccccc5)n4)c3)nc(-c3ccccc3)n2)cc1. The molecule has 29 rings (SSSR count). The Balaban J connectivity index is 0.604. The van der Waals surface area contributed by atoms with Gasteiger partial charge in [0.25, 0.3) is 0 Å². The summed E-state index contributed by atoms with van der Waals surface area (Å²) in [6.07, 6.45) is 0. The topological polar surface area (TPSA) is 128 Å². The number of rotatable bonds is 18. The van der Waals surface area contributed by atoms with Crippen molar-refractivity contribution in [1.29, 1.82) is 0 Å². The van der Waals surface area contributed by atoms with E-state index in [0.29, 0.717) is 23.3 Å². The summed E-state index contributed by atoms with van der Waals surface area (Å²) >= 11 is 0. The Kier molecular flexibility index (Phi) is 20.3. The molecule has 0 radical (unpaired) electrons. The number of fused-ring (bicyclic) bond motifs is 15. The van der Waals surface area contributed by atoms with Crippen LogP contribution < -0.4 is 0 Å². The molecule has 0 amide bonds. The third kappa shape index (κ3) is 14.7. The molecule has 20 aromatic carbocycles. The summed E-state index contributed by atoms with van der Waals surface area (Å²) in [5.41, 5.74) is 35.1. The van der Waals surface area contributed by atoms with Gasteiger partial charge in [0.15, 0.2) is 23.3 Å². The average molecular weight is 1900 g/mol. The van der Waals surface area contributed by atoms with Crippen LogP contribution >= 0.6 is 0 Å². The highest BCUT2D eigenvalue weighted by molar-refractivity contribution is 6.20. The standard InChI is InChI=1S/C136H85N13/c1-9-36-86(37-10-1)112-84-118(139-133(137-112)92-48-21-7-22-49-92)95-65-73-127(110(77-95)135-141-114(88-40-13-3-14-41-88)82-115(142-135)89-42-15-4-16-43-89)148-123-61-33-28-55-104(123)109-79-97(69-75-126(109)148)145-122-60-32-27-54-103(122)108-76-94(64-72-125(108)145)100-57-35-63-129-132(100)107-56-29-34-62-124(107)147(129)99-68-71-106-105-70-67-98(146-120-58-30-25-52-101(120)102-53-26-31-59-121(102)146)80-130(105)149(131(106)81-99)128-74-66-96(119-85-113(87-38-11-2-12-39-87)138-134(140-119)93-50-23-8-24-51-93)78-111(128)136-143-116(90-44-17-5-18-45-90)83-117(144-136)91-46-19-6-20-47-91/h1-85H. The van der Waals surface area contributed by atoms with Crippen molar-refractivity contribution in [1.82, 2.24) is 62.7 Å². The molecule has 0 aliphatic heterocycles. The molecule has 694 valence electrons. The molecule has 29 aromatic rings. The molecule has 9 heterocycles. The summed E-state index contributed by atoms with van der Waals surface area (Å²) < 4.78 is 12.2. The van der Waals surface area contributed by atoms with Crippen LogP contribution in [-0.2, 0) is 0 Å². The number of aromatic nitrogens is 13. The second kappa shape index (κ2) is 35.4. The lowest BCUT2D eigenvalue weighted by Gasteiger charge is -2.18. The van der Waals surface area contributed by atoms with Crippen LogP contribution in [0.15, 0.2) is 516 Å². The quantitative estimate of drug-likeness (QED) is 0.0831. The Morgan fingerprint density at radius 2 is 0.376 bits per heavy atom. The highest BCUT2D eigenvalue weighted by Crippen LogP contribution is 2.49. The normalized spacial score (nSPS) is 11.8. The van der Waals surface area contributed by atoms with Gasteiger partial charge in [-0.2, -0.15) is 0 Å². The van der Waals surface area contributed by atoms with Gasteiger partial charge in [0.05, 0.1) is 112 Å². The van der Waals surface area contributed by atoms with E-state index in [-0.39, 0.29) is 0 Å². The zero-order valence-electron chi connectivity index (χ0n) is 80.4. The van der Waals surface area contributed by atoms with E-state index in [1.807, 2.05) is 60.7 Å². The van der Waals surface area contributed by atoms with Crippen LogP contribution in [0.3, 0.4) is 0 Å². The number of benzene rings is 20. The first kappa shape index (κ1) is 85.5. The minimum atomic E-state index is 0.550.